The van der Waals surface area contributed by atoms with Gasteiger partial charge >= 0.3 is 5.97 Å². The molecule has 10 atom stereocenters. The largest absolute Gasteiger partial charge is 0.467 e. The molecule has 1 amide bonds. The van der Waals surface area contributed by atoms with Gasteiger partial charge in [0.2, 0.25) is 5.91 Å². The van der Waals surface area contributed by atoms with Crippen LogP contribution < -0.4 is 5.32 Å². The maximum Gasteiger partial charge on any atom is 0.328 e. The number of carbonyl (C=O) groups is 2. The fraction of sp³-hybridized carbons (Fsp3) is 0.882. The van der Waals surface area contributed by atoms with Crippen LogP contribution in [0.15, 0.2) is 11.6 Å². The van der Waals surface area contributed by atoms with E-state index in [4.69, 9.17) is 4.74 Å². The van der Waals surface area contributed by atoms with E-state index in [-0.39, 0.29) is 38.9 Å². The summed E-state index contributed by atoms with van der Waals surface area (Å²) in [7, 11) is 1.37. The summed E-state index contributed by atoms with van der Waals surface area (Å²) in [5.74, 6) is 0.530. The second kappa shape index (κ2) is 9.30. The Hall–Kier alpha value is -1.40. The molecule has 0 aliphatic heterocycles. The van der Waals surface area contributed by atoms with Gasteiger partial charge < -0.3 is 20.3 Å². The van der Waals surface area contributed by atoms with E-state index in [0.717, 1.165) is 51.4 Å². The Labute approximate surface area is 242 Å². The van der Waals surface area contributed by atoms with Crippen LogP contribution in [-0.4, -0.2) is 47.4 Å². The van der Waals surface area contributed by atoms with E-state index in [9.17, 15) is 19.8 Å². The fourth-order valence-electron chi connectivity index (χ4n) is 11.4. The van der Waals surface area contributed by atoms with Gasteiger partial charge in [-0.2, -0.15) is 0 Å². The van der Waals surface area contributed by atoms with Gasteiger partial charge in [-0.05, 0) is 110 Å². The molecule has 226 valence electrons. The van der Waals surface area contributed by atoms with Crippen molar-refractivity contribution in [3.8, 4) is 0 Å². The first-order chi connectivity index (χ1) is 18.4. The first-order valence-corrected chi connectivity index (χ1v) is 15.9. The zero-order valence-electron chi connectivity index (χ0n) is 26.5. The second-order valence-corrected chi connectivity index (χ2v) is 16.6. The van der Waals surface area contributed by atoms with Crippen molar-refractivity contribution in [1.29, 1.82) is 0 Å². The number of amides is 1. The normalized spacial score (nSPS) is 47.8. The molecule has 40 heavy (non-hydrogen) atoms. The molecule has 0 bridgehead atoms. The van der Waals surface area contributed by atoms with Gasteiger partial charge in [-0.15, -0.1) is 0 Å². The lowest BCUT2D eigenvalue weighted by Gasteiger charge is -2.71. The molecule has 0 saturated heterocycles. The van der Waals surface area contributed by atoms with Crippen LogP contribution in [-0.2, 0) is 14.3 Å². The van der Waals surface area contributed by atoms with Crippen molar-refractivity contribution in [3.63, 3.8) is 0 Å². The summed E-state index contributed by atoms with van der Waals surface area (Å²) >= 11 is 0. The molecule has 0 radical (unpaired) electrons. The number of nitrogens with one attached hydrogen (secondary N) is 1. The van der Waals surface area contributed by atoms with Crippen LogP contribution in [0.2, 0.25) is 0 Å². The van der Waals surface area contributed by atoms with Crippen molar-refractivity contribution in [1.82, 2.24) is 5.32 Å². The molecule has 3 N–H and O–H groups in total. The fourth-order valence-corrected chi connectivity index (χ4v) is 11.4. The van der Waals surface area contributed by atoms with Crippen molar-refractivity contribution in [2.45, 2.75) is 131 Å². The molecule has 0 aromatic carbocycles. The van der Waals surface area contributed by atoms with Gasteiger partial charge in [0.05, 0.1) is 24.7 Å². The molecule has 0 aromatic rings. The van der Waals surface area contributed by atoms with E-state index < -0.39 is 29.6 Å². The topological polar surface area (TPSA) is 95.9 Å². The Morgan fingerprint density at radius 3 is 2.25 bits per heavy atom. The van der Waals surface area contributed by atoms with Crippen molar-refractivity contribution in [2.75, 3.05) is 7.11 Å². The predicted molar refractivity (Wildman–Crippen MR) is 156 cm³/mol. The molecule has 5 aliphatic rings. The number of methoxy groups -OCH3 is 1. The van der Waals surface area contributed by atoms with E-state index in [0.29, 0.717) is 18.3 Å². The lowest BCUT2D eigenvalue weighted by atomic mass is 9.33. The van der Waals surface area contributed by atoms with Crippen molar-refractivity contribution in [3.05, 3.63) is 11.6 Å². The highest BCUT2D eigenvalue weighted by Gasteiger charge is 2.70. The second-order valence-electron chi connectivity index (χ2n) is 16.6. The average molecular weight is 558 g/mol. The summed E-state index contributed by atoms with van der Waals surface area (Å²) in [4.78, 5) is 26.3. The third kappa shape index (κ3) is 3.93. The minimum Gasteiger partial charge on any atom is -0.467 e. The lowest BCUT2D eigenvalue weighted by molar-refractivity contribution is -0.231. The SMILES string of the molecule is COC(=O)[C@H](C)NC(=O)[C@]12CCC(C)(C)C[C@H]1C1=CC[C@@H]3[C@@]4(C)C[C@@H](O)[C@H](O)C(C)(C)[C@@H]4CC[C@@]3(C)[C@]1(C)CC2. The molecule has 0 heterocycles. The summed E-state index contributed by atoms with van der Waals surface area (Å²) in [6.07, 6.45) is 9.51. The third-order valence-corrected chi connectivity index (χ3v) is 13.9. The number of aliphatic hydroxyl groups excluding tert-OH is 2. The van der Waals surface area contributed by atoms with Crippen molar-refractivity contribution < 1.29 is 24.5 Å². The quantitative estimate of drug-likeness (QED) is 0.301. The number of hydrogen-bond donors (Lipinski definition) is 3. The lowest BCUT2D eigenvalue weighted by Crippen LogP contribution is -2.67. The highest BCUT2D eigenvalue weighted by Crippen LogP contribution is 2.75. The van der Waals surface area contributed by atoms with Gasteiger partial charge in [0.25, 0.3) is 0 Å². The molecule has 6 nitrogen and oxygen atoms in total. The van der Waals surface area contributed by atoms with Gasteiger partial charge in [-0.25, -0.2) is 4.79 Å². The minimum atomic E-state index is -0.699. The zero-order valence-corrected chi connectivity index (χ0v) is 26.5. The number of ether oxygens (including phenoxy) is 1. The molecule has 0 unspecified atom stereocenters. The highest BCUT2D eigenvalue weighted by atomic mass is 16.5. The Morgan fingerprint density at radius 1 is 0.950 bits per heavy atom. The summed E-state index contributed by atoms with van der Waals surface area (Å²) < 4.78 is 4.92. The summed E-state index contributed by atoms with van der Waals surface area (Å²) in [5, 5.41) is 25.1. The van der Waals surface area contributed by atoms with E-state index in [1.165, 1.54) is 12.7 Å². The maximum absolute atomic E-state index is 14.1. The number of hydrogen-bond acceptors (Lipinski definition) is 5. The van der Waals surface area contributed by atoms with E-state index >= 15 is 0 Å². The van der Waals surface area contributed by atoms with Crippen LogP contribution in [0.1, 0.15) is 113 Å². The predicted octanol–water partition coefficient (Wildman–Crippen LogP) is 5.80. The first-order valence-electron chi connectivity index (χ1n) is 15.9. The maximum atomic E-state index is 14.1. The third-order valence-electron chi connectivity index (χ3n) is 13.9. The molecule has 0 aromatic heterocycles. The van der Waals surface area contributed by atoms with Crippen LogP contribution in [0.3, 0.4) is 0 Å². The molecule has 6 heteroatoms. The smallest absolute Gasteiger partial charge is 0.328 e. The number of carbonyl (C=O) groups excluding carboxylic acids is 2. The average Bonchev–Trinajstić information content (AvgIpc) is 2.86. The standard InChI is InChI=1S/C34H55NO5/c1-20(27(38)40-9)35-28(39)34-16-14-29(2,3)18-22(34)21-10-11-25-31(6)19-23(36)26(37)30(4,5)24(31)12-13-33(25,8)32(21,7)15-17-34/h10,20,22-26,36-37H,11-19H2,1-9H3,(H,35,39)/t20-,22-,23+,24-,25+,26-,31-,32+,33+,34-/m0/s1. The highest BCUT2D eigenvalue weighted by molar-refractivity contribution is 5.88. The number of esters is 1. The Balaban J connectivity index is 1.56. The van der Waals surface area contributed by atoms with Gasteiger partial charge in [0.15, 0.2) is 0 Å². The molecule has 4 saturated carbocycles. The molecular weight excluding hydrogens is 502 g/mol. The number of fused-ring (bicyclic) bond motifs is 7. The van der Waals surface area contributed by atoms with Gasteiger partial charge in [-0.1, -0.05) is 60.1 Å². The van der Waals surface area contributed by atoms with Crippen LogP contribution in [0.5, 0.6) is 0 Å². The molecular formula is C34H55NO5. The van der Waals surface area contributed by atoms with Crippen molar-refractivity contribution >= 4 is 11.9 Å². The summed E-state index contributed by atoms with van der Waals surface area (Å²) in [5.41, 5.74) is 0.742. The monoisotopic (exact) mass is 557 g/mol. The Kier molecular flexibility index (Phi) is 6.99. The van der Waals surface area contributed by atoms with Crippen molar-refractivity contribution in [2.24, 2.45) is 50.2 Å². The van der Waals surface area contributed by atoms with Gasteiger partial charge in [-0.3, -0.25) is 4.79 Å². The van der Waals surface area contributed by atoms with E-state index in [1.807, 2.05) is 0 Å². The summed E-state index contributed by atoms with van der Waals surface area (Å²) in [6, 6.07) is -0.662. The minimum absolute atomic E-state index is 0.0166. The molecule has 0 spiro atoms. The van der Waals surface area contributed by atoms with Crippen LogP contribution >= 0.6 is 0 Å². The number of rotatable bonds is 3. The van der Waals surface area contributed by atoms with Crippen LogP contribution in [0.25, 0.3) is 0 Å². The van der Waals surface area contributed by atoms with Gasteiger partial charge in [0.1, 0.15) is 6.04 Å². The van der Waals surface area contributed by atoms with Crippen LogP contribution in [0.4, 0.5) is 0 Å². The van der Waals surface area contributed by atoms with E-state index in [1.54, 1.807) is 6.92 Å². The Morgan fingerprint density at radius 2 is 1.60 bits per heavy atom. The molecule has 5 aliphatic carbocycles. The number of aliphatic hydroxyl groups is 2. The molecule has 4 fully saturated rings. The van der Waals surface area contributed by atoms with Gasteiger partial charge in [0, 0.05) is 0 Å². The zero-order chi connectivity index (χ0) is 29.7. The Bertz CT molecular complexity index is 1100. The molecule has 5 rings (SSSR count). The van der Waals surface area contributed by atoms with Crippen LogP contribution in [0, 0.1) is 50.2 Å². The number of allylic oxidation sites excluding steroid dienone is 2. The summed E-state index contributed by atoms with van der Waals surface area (Å²) in [6.45, 7) is 18.1. The first kappa shape index (κ1) is 30.1. The van der Waals surface area contributed by atoms with E-state index in [2.05, 4.69) is 59.9 Å².